The fourth-order valence-electron chi connectivity index (χ4n) is 2.64. The third-order valence-corrected chi connectivity index (χ3v) is 3.63. The van der Waals surface area contributed by atoms with Gasteiger partial charge >= 0.3 is 0 Å². The number of hydrogen-bond acceptors (Lipinski definition) is 2. The van der Waals surface area contributed by atoms with Crippen LogP contribution in [0.1, 0.15) is 25.3 Å². The zero-order valence-corrected chi connectivity index (χ0v) is 12.0. The second kappa shape index (κ2) is 8.13. The molecule has 1 atom stereocenters. The van der Waals surface area contributed by atoms with Crippen molar-refractivity contribution in [1.29, 1.82) is 0 Å². The zero-order chi connectivity index (χ0) is 13.3. The highest BCUT2D eigenvalue weighted by Crippen LogP contribution is 2.09. The van der Waals surface area contributed by atoms with Gasteiger partial charge in [-0.2, -0.15) is 0 Å². The predicted molar refractivity (Wildman–Crippen MR) is 83.2 cm³/mol. The molecule has 1 fully saturated rings. The Bertz CT molecular complexity index is 366. The quantitative estimate of drug-likeness (QED) is 0.756. The van der Waals surface area contributed by atoms with E-state index < -0.39 is 0 Å². The average Bonchev–Trinajstić information content (AvgIpc) is 2.92. The smallest absolute Gasteiger partial charge is 0.0138 e. The monoisotopic (exact) mass is 258 g/mol. The van der Waals surface area contributed by atoms with Crippen LogP contribution in [0.15, 0.2) is 36.4 Å². The molecule has 2 heteroatoms. The van der Waals surface area contributed by atoms with Gasteiger partial charge in [0.1, 0.15) is 0 Å². The van der Waals surface area contributed by atoms with Crippen LogP contribution < -0.4 is 5.32 Å². The summed E-state index contributed by atoms with van der Waals surface area (Å²) in [7, 11) is 0. The highest BCUT2D eigenvalue weighted by molar-refractivity contribution is 5.48. The van der Waals surface area contributed by atoms with Crippen molar-refractivity contribution in [1.82, 2.24) is 10.2 Å². The number of rotatable bonds is 7. The fraction of sp³-hybridized carbons (Fsp3) is 0.529. The van der Waals surface area contributed by atoms with Gasteiger partial charge in [-0.25, -0.2) is 0 Å². The van der Waals surface area contributed by atoms with Crippen LogP contribution in [-0.4, -0.2) is 37.6 Å². The van der Waals surface area contributed by atoms with Crippen molar-refractivity contribution in [3.8, 4) is 0 Å². The zero-order valence-electron chi connectivity index (χ0n) is 12.0. The maximum Gasteiger partial charge on any atom is 0.0138 e. The van der Waals surface area contributed by atoms with Gasteiger partial charge in [0.15, 0.2) is 0 Å². The molecule has 0 spiro atoms. The maximum absolute atomic E-state index is 3.52. The summed E-state index contributed by atoms with van der Waals surface area (Å²) >= 11 is 0. The molecule has 1 saturated heterocycles. The lowest BCUT2D eigenvalue weighted by atomic mass is 10.1. The van der Waals surface area contributed by atoms with Gasteiger partial charge in [-0.15, -0.1) is 0 Å². The minimum Gasteiger partial charge on any atom is -0.313 e. The van der Waals surface area contributed by atoms with E-state index in [2.05, 4.69) is 59.6 Å². The van der Waals surface area contributed by atoms with Gasteiger partial charge in [-0.05, 0) is 44.0 Å². The molecule has 0 aliphatic carbocycles. The second-order valence-electron chi connectivity index (χ2n) is 5.58. The van der Waals surface area contributed by atoms with Crippen LogP contribution in [0.5, 0.6) is 0 Å². The first-order valence-electron chi connectivity index (χ1n) is 7.49. The summed E-state index contributed by atoms with van der Waals surface area (Å²) in [5, 5.41) is 3.52. The van der Waals surface area contributed by atoms with Gasteiger partial charge in [-0.1, -0.05) is 49.4 Å². The van der Waals surface area contributed by atoms with Gasteiger partial charge in [0.2, 0.25) is 0 Å². The molecule has 2 rings (SSSR count). The van der Waals surface area contributed by atoms with Crippen molar-refractivity contribution in [3.63, 3.8) is 0 Å². The first-order valence-corrected chi connectivity index (χ1v) is 7.49. The summed E-state index contributed by atoms with van der Waals surface area (Å²) in [6, 6.07) is 10.5. The van der Waals surface area contributed by atoms with E-state index >= 15 is 0 Å². The highest BCUT2D eigenvalue weighted by Gasteiger charge is 2.13. The molecule has 1 aliphatic rings. The topological polar surface area (TPSA) is 15.3 Å². The molecule has 1 heterocycles. The normalized spacial score (nSPS) is 18.2. The second-order valence-corrected chi connectivity index (χ2v) is 5.58. The molecule has 0 amide bonds. The van der Waals surface area contributed by atoms with Gasteiger partial charge in [0.25, 0.3) is 0 Å². The van der Waals surface area contributed by atoms with Crippen molar-refractivity contribution in [2.24, 2.45) is 5.92 Å². The van der Waals surface area contributed by atoms with E-state index in [1.807, 2.05) is 0 Å². The van der Waals surface area contributed by atoms with Crippen LogP contribution in [0.4, 0.5) is 0 Å². The van der Waals surface area contributed by atoms with Crippen molar-refractivity contribution >= 4 is 6.08 Å². The number of nitrogens with zero attached hydrogens (tertiary/aromatic N) is 1. The number of nitrogens with one attached hydrogen (secondary N) is 1. The summed E-state index contributed by atoms with van der Waals surface area (Å²) in [5.41, 5.74) is 1.27. The molecule has 1 unspecified atom stereocenters. The number of hydrogen-bond donors (Lipinski definition) is 1. The Balaban J connectivity index is 1.57. The summed E-state index contributed by atoms with van der Waals surface area (Å²) < 4.78 is 0. The van der Waals surface area contributed by atoms with E-state index in [1.165, 1.54) is 38.0 Å². The molecule has 0 aromatic heterocycles. The lowest BCUT2D eigenvalue weighted by Gasteiger charge is -2.20. The maximum atomic E-state index is 3.52. The summed E-state index contributed by atoms with van der Waals surface area (Å²) in [4.78, 5) is 2.59. The molecule has 19 heavy (non-hydrogen) atoms. The van der Waals surface area contributed by atoms with E-state index in [-0.39, 0.29) is 0 Å². The van der Waals surface area contributed by atoms with Gasteiger partial charge in [-0.3, -0.25) is 0 Å². The molecule has 1 aromatic carbocycles. The minimum absolute atomic E-state index is 0.739. The standard InChI is InChI=1S/C17H26N2/c1-16(15-19-12-5-6-13-19)14-18-11-7-10-17-8-3-2-4-9-17/h2-4,7-10,16,18H,5-6,11-15H2,1H3. The molecule has 0 saturated carbocycles. The Hall–Kier alpha value is -1.12. The first-order chi connectivity index (χ1) is 9.34. The first kappa shape index (κ1) is 14.3. The Morgan fingerprint density at radius 2 is 1.95 bits per heavy atom. The third kappa shape index (κ3) is 5.58. The Kier molecular flexibility index (Phi) is 6.12. The van der Waals surface area contributed by atoms with Crippen LogP contribution in [0.3, 0.4) is 0 Å². The van der Waals surface area contributed by atoms with E-state index in [4.69, 9.17) is 0 Å². The van der Waals surface area contributed by atoms with Crippen LogP contribution >= 0.6 is 0 Å². The molecular weight excluding hydrogens is 232 g/mol. The van der Waals surface area contributed by atoms with Crippen LogP contribution in [0.2, 0.25) is 0 Å². The minimum atomic E-state index is 0.739. The van der Waals surface area contributed by atoms with E-state index in [9.17, 15) is 0 Å². The van der Waals surface area contributed by atoms with Crippen LogP contribution in [0, 0.1) is 5.92 Å². The summed E-state index contributed by atoms with van der Waals surface area (Å²) in [6.45, 7) is 8.26. The summed E-state index contributed by atoms with van der Waals surface area (Å²) in [5.74, 6) is 0.739. The van der Waals surface area contributed by atoms with Crippen LogP contribution in [0.25, 0.3) is 6.08 Å². The molecule has 1 N–H and O–H groups in total. The lowest BCUT2D eigenvalue weighted by molar-refractivity contribution is 0.284. The third-order valence-electron chi connectivity index (χ3n) is 3.63. The van der Waals surface area contributed by atoms with Gasteiger partial charge in [0.05, 0.1) is 0 Å². The van der Waals surface area contributed by atoms with Crippen molar-refractivity contribution in [3.05, 3.63) is 42.0 Å². The molecule has 0 bridgehead atoms. The largest absolute Gasteiger partial charge is 0.313 e. The lowest BCUT2D eigenvalue weighted by Crippen LogP contribution is -2.31. The van der Waals surface area contributed by atoms with E-state index in [0.29, 0.717) is 0 Å². The van der Waals surface area contributed by atoms with Crippen molar-refractivity contribution < 1.29 is 0 Å². The Labute approximate surface area is 117 Å². The molecule has 0 radical (unpaired) electrons. The van der Waals surface area contributed by atoms with Gasteiger partial charge in [0, 0.05) is 13.1 Å². The Morgan fingerprint density at radius 3 is 2.68 bits per heavy atom. The molecule has 2 nitrogen and oxygen atoms in total. The molecule has 104 valence electrons. The van der Waals surface area contributed by atoms with E-state index in [0.717, 1.165) is 19.0 Å². The number of benzene rings is 1. The van der Waals surface area contributed by atoms with Crippen LogP contribution in [-0.2, 0) is 0 Å². The van der Waals surface area contributed by atoms with Gasteiger partial charge < -0.3 is 10.2 Å². The predicted octanol–water partition coefficient (Wildman–Crippen LogP) is 3.02. The highest BCUT2D eigenvalue weighted by atomic mass is 15.1. The molecular formula is C17H26N2. The Morgan fingerprint density at radius 1 is 1.21 bits per heavy atom. The summed E-state index contributed by atoms with van der Waals surface area (Å²) in [6.07, 6.45) is 7.16. The molecule has 1 aromatic rings. The SMILES string of the molecule is CC(CNCC=Cc1ccccc1)CN1CCCC1. The number of likely N-dealkylation sites (tertiary alicyclic amines) is 1. The average molecular weight is 258 g/mol. The fourth-order valence-corrected chi connectivity index (χ4v) is 2.64. The van der Waals surface area contributed by atoms with Crippen molar-refractivity contribution in [2.75, 3.05) is 32.7 Å². The van der Waals surface area contributed by atoms with E-state index in [1.54, 1.807) is 0 Å². The van der Waals surface area contributed by atoms with Crippen molar-refractivity contribution in [2.45, 2.75) is 19.8 Å². The molecule has 1 aliphatic heterocycles.